The lowest BCUT2D eigenvalue weighted by Gasteiger charge is -2.49. The van der Waals surface area contributed by atoms with Gasteiger partial charge >= 0.3 is 0 Å². The molecule has 0 aromatic carbocycles. The smallest absolute Gasteiger partial charge is 0.129 e. The third-order valence-electron chi connectivity index (χ3n) is 9.02. The second kappa shape index (κ2) is 8.44. The monoisotopic (exact) mass is 467 g/mol. The van der Waals surface area contributed by atoms with Gasteiger partial charge in [0.2, 0.25) is 0 Å². The van der Waals surface area contributed by atoms with Crippen LogP contribution in [0.3, 0.4) is 0 Å². The number of pyridine rings is 1. The molecule has 1 aromatic heterocycles. The van der Waals surface area contributed by atoms with Crippen molar-refractivity contribution in [2.75, 3.05) is 0 Å². The van der Waals surface area contributed by atoms with Gasteiger partial charge in [-0.1, -0.05) is 99.8 Å². The molecule has 4 aliphatic carbocycles. The second-order valence-corrected chi connectivity index (χ2v) is 16.0. The molecule has 7 atom stereocenters. The van der Waals surface area contributed by atoms with Crippen LogP contribution in [0.5, 0.6) is 0 Å². The lowest BCUT2D eigenvalue weighted by molar-refractivity contribution is 0.258. The molecular weight excluding hydrogens is 430 g/mol. The van der Waals surface area contributed by atoms with Crippen molar-refractivity contribution in [2.24, 2.45) is 29.6 Å². The van der Waals surface area contributed by atoms with Crippen LogP contribution >= 0.6 is 0 Å². The van der Waals surface area contributed by atoms with Crippen molar-refractivity contribution in [3.8, 4) is 0 Å². The minimum atomic E-state index is -1.92. The predicted molar refractivity (Wildman–Crippen MR) is 144 cm³/mol. The van der Waals surface area contributed by atoms with Gasteiger partial charge in [-0.2, -0.15) is 0 Å². The minimum Gasteiger partial charge on any atom is -0.301 e. The summed E-state index contributed by atoms with van der Waals surface area (Å²) in [6.07, 6.45) is 28.5. The molecule has 5 aliphatic rings. The van der Waals surface area contributed by atoms with Crippen molar-refractivity contribution in [2.45, 2.75) is 50.7 Å². The molecule has 176 valence electrons. The van der Waals surface area contributed by atoms with E-state index in [0.29, 0.717) is 47.3 Å². The van der Waals surface area contributed by atoms with Crippen LogP contribution in [0, 0.1) is 29.6 Å². The van der Waals surface area contributed by atoms with Crippen molar-refractivity contribution < 1.29 is 0 Å². The minimum absolute atomic E-state index is 0.288. The van der Waals surface area contributed by atoms with Crippen LogP contribution < -0.4 is 5.32 Å². The largest absolute Gasteiger partial charge is 0.301 e. The third-order valence-corrected chi connectivity index (χ3v) is 13.3. The number of hydrogen-bond acceptors (Lipinski definition) is 3. The summed E-state index contributed by atoms with van der Waals surface area (Å²) in [5.74, 6) is 3.04. The Hall–Kier alpha value is -2.27. The van der Waals surface area contributed by atoms with Crippen molar-refractivity contribution in [3.63, 3.8) is 0 Å². The van der Waals surface area contributed by atoms with E-state index in [9.17, 15) is 0 Å². The maximum Gasteiger partial charge on any atom is 0.129 e. The Labute approximate surface area is 205 Å². The summed E-state index contributed by atoms with van der Waals surface area (Å²) >= 11 is 0. The van der Waals surface area contributed by atoms with Gasteiger partial charge in [-0.15, -0.1) is 0 Å². The number of allylic oxidation sites excluding steroid dienone is 10. The zero-order valence-electron chi connectivity index (χ0n) is 20.8. The van der Waals surface area contributed by atoms with Gasteiger partial charge in [0.05, 0.1) is 17.9 Å². The van der Waals surface area contributed by atoms with Gasteiger partial charge in [0.25, 0.3) is 0 Å². The van der Waals surface area contributed by atoms with Crippen LogP contribution in [0.4, 0.5) is 0 Å². The van der Waals surface area contributed by atoms with E-state index in [4.69, 9.17) is 4.98 Å². The van der Waals surface area contributed by atoms with Gasteiger partial charge in [0.1, 0.15) is 8.24 Å². The molecule has 1 saturated heterocycles. The Morgan fingerprint density at radius 3 is 2.09 bits per heavy atom. The molecule has 1 aliphatic heterocycles. The number of nitrogens with one attached hydrogen (secondary N) is 1. The molecule has 0 spiro atoms. The van der Waals surface area contributed by atoms with E-state index < -0.39 is 8.24 Å². The van der Waals surface area contributed by atoms with Gasteiger partial charge in [0, 0.05) is 12.2 Å². The van der Waals surface area contributed by atoms with E-state index in [1.54, 1.807) is 0 Å². The van der Waals surface area contributed by atoms with Gasteiger partial charge in [-0.3, -0.25) is 10.3 Å². The first-order valence-corrected chi connectivity index (χ1v) is 16.0. The van der Waals surface area contributed by atoms with Crippen LogP contribution in [0.25, 0.3) is 5.57 Å². The Bertz CT molecular complexity index is 1080. The van der Waals surface area contributed by atoms with Gasteiger partial charge in [0.15, 0.2) is 0 Å². The van der Waals surface area contributed by atoms with Crippen LogP contribution in [0.15, 0.2) is 91.2 Å². The lowest BCUT2D eigenvalue weighted by Crippen LogP contribution is -2.61. The number of aromatic nitrogens is 1. The molecule has 0 radical (unpaired) electrons. The molecule has 5 unspecified atom stereocenters. The Morgan fingerprint density at radius 1 is 0.853 bits per heavy atom. The topological polar surface area (TPSA) is 28.2 Å². The quantitative estimate of drug-likeness (QED) is 0.553. The van der Waals surface area contributed by atoms with Crippen LogP contribution in [0.2, 0.25) is 18.6 Å². The molecule has 6 rings (SSSR count). The van der Waals surface area contributed by atoms with E-state index in [2.05, 4.69) is 116 Å². The first-order chi connectivity index (χ1) is 16.5. The number of hydrogen-bond donors (Lipinski definition) is 1. The van der Waals surface area contributed by atoms with E-state index in [1.807, 2.05) is 12.3 Å². The molecule has 0 bridgehead atoms. The summed E-state index contributed by atoms with van der Waals surface area (Å²) in [6.45, 7) is 10.1. The molecule has 1 N–H and O–H groups in total. The zero-order chi connectivity index (χ0) is 23.4. The Morgan fingerprint density at radius 2 is 1.50 bits per heavy atom. The highest BCUT2D eigenvalue weighted by molar-refractivity contribution is 6.76. The molecule has 0 amide bonds. The highest BCUT2D eigenvalue weighted by atomic mass is 28.3. The normalized spacial score (nSPS) is 38.2. The molecule has 1 aromatic rings. The van der Waals surface area contributed by atoms with Crippen molar-refractivity contribution in [3.05, 3.63) is 96.9 Å². The third kappa shape index (κ3) is 3.34. The summed E-state index contributed by atoms with van der Waals surface area (Å²) in [5.41, 5.74) is 3.11. The van der Waals surface area contributed by atoms with E-state index in [1.165, 1.54) is 5.57 Å². The predicted octanol–water partition coefficient (Wildman–Crippen LogP) is 5.97. The maximum atomic E-state index is 4.72. The van der Waals surface area contributed by atoms with Crippen LogP contribution in [0.1, 0.15) is 19.5 Å². The molecule has 1 saturated carbocycles. The van der Waals surface area contributed by atoms with Crippen molar-refractivity contribution in [1.82, 2.24) is 14.9 Å². The van der Waals surface area contributed by atoms with E-state index in [0.717, 1.165) is 5.69 Å². The first kappa shape index (κ1) is 22.2. The molecule has 3 nitrogen and oxygen atoms in total. The maximum absolute atomic E-state index is 4.72. The molecule has 2 heterocycles. The van der Waals surface area contributed by atoms with Gasteiger partial charge in [-0.25, -0.2) is 0 Å². The van der Waals surface area contributed by atoms with E-state index in [-0.39, 0.29) is 6.04 Å². The van der Waals surface area contributed by atoms with Gasteiger partial charge < -0.3 is 4.57 Å². The Kier molecular flexibility index (Phi) is 5.51. The number of fused-ring (bicyclic) bond motifs is 4. The molecule has 34 heavy (non-hydrogen) atoms. The lowest BCUT2D eigenvalue weighted by atomic mass is 9.83. The fourth-order valence-electron chi connectivity index (χ4n) is 7.74. The second-order valence-electron chi connectivity index (χ2n) is 11.5. The molecular formula is C30H37N3Si. The summed E-state index contributed by atoms with van der Waals surface area (Å²) in [7, 11) is -1.92. The fraction of sp³-hybridized carbons (Fsp3) is 0.433. The van der Waals surface area contributed by atoms with Crippen molar-refractivity contribution in [1.29, 1.82) is 0 Å². The Balaban J connectivity index is 1.40. The molecule has 2 fully saturated rings. The van der Waals surface area contributed by atoms with Gasteiger partial charge in [-0.05, 0) is 52.8 Å². The highest BCUT2D eigenvalue weighted by Gasteiger charge is 2.59. The SMILES string of the molecule is CC(C)[C@@H]1NC2C(c3ccccn3)=CC=C[C@H]2N1[Si](C)(C)C1C2C=CC=CC2C2C=CC=CC21. The first-order valence-electron chi connectivity index (χ1n) is 13.0. The van der Waals surface area contributed by atoms with E-state index >= 15 is 0 Å². The molecule has 4 heteroatoms. The van der Waals surface area contributed by atoms with Crippen LogP contribution in [-0.2, 0) is 0 Å². The summed E-state index contributed by atoms with van der Waals surface area (Å²) in [6, 6.07) is 6.93. The summed E-state index contributed by atoms with van der Waals surface area (Å²) < 4.78 is 2.97. The fourth-order valence-corrected chi connectivity index (χ4v) is 12.7. The summed E-state index contributed by atoms with van der Waals surface area (Å²) in [4.78, 5) is 4.72. The highest BCUT2D eigenvalue weighted by Crippen LogP contribution is 2.59. The standard InChI is InChI=1S/C30H37N3Si/c1-20(2)30-32-28-25(26-17-9-10-19-31-26)16-11-18-27(28)33(30)34(3,4)29-23-14-7-5-12-21(23)22-13-6-8-15-24(22)29/h5-24,27-30,32H,1-4H3/t21?,22?,23?,24?,27-,28?,29?,30-/m1/s1. The van der Waals surface area contributed by atoms with Crippen LogP contribution in [-0.4, -0.2) is 36.0 Å². The average Bonchev–Trinajstić information content (AvgIpc) is 3.42. The number of rotatable bonds is 4. The number of nitrogens with zero attached hydrogens (tertiary/aromatic N) is 2. The zero-order valence-corrected chi connectivity index (χ0v) is 21.8. The summed E-state index contributed by atoms with van der Waals surface area (Å²) in [5, 5.41) is 4.10. The average molecular weight is 468 g/mol. The van der Waals surface area contributed by atoms with Crippen molar-refractivity contribution >= 4 is 13.8 Å².